The molecule has 0 saturated heterocycles. The molecule has 0 radical (unpaired) electrons. The summed E-state index contributed by atoms with van der Waals surface area (Å²) < 4.78 is 55.5. The Hall–Kier alpha value is -3.48. The van der Waals surface area contributed by atoms with Crippen LogP contribution < -0.4 is 9.47 Å². The summed E-state index contributed by atoms with van der Waals surface area (Å²) in [6.45, 7) is 6.46. The lowest BCUT2D eigenvalue weighted by Gasteiger charge is -2.30. The number of aliphatic carboxylic acids is 1. The van der Waals surface area contributed by atoms with Crippen LogP contribution in [-0.4, -0.2) is 18.2 Å². The van der Waals surface area contributed by atoms with Gasteiger partial charge in [0.1, 0.15) is 35.6 Å². The molecule has 220 valence electrons. The number of rotatable bonds is 9. The van der Waals surface area contributed by atoms with Crippen molar-refractivity contribution in [1.82, 2.24) is 0 Å². The van der Waals surface area contributed by atoms with E-state index in [0.29, 0.717) is 16.9 Å². The van der Waals surface area contributed by atoms with Gasteiger partial charge in [0.15, 0.2) is 0 Å². The van der Waals surface area contributed by atoms with E-state index in [4.69, 9.17) is 14.6 Å². The summed E-state index contributed by atoms with van der Waals surface area (Å²) in [6.07, 6.45) is 5.90. The van der Waals surface area contributed by atoms with E-state index in [1.165, 1.54) is 50.3 Å². The third kappa shape index (κ3) is 8.05. The van der Waals surface area contributed by atoms with Gasteiger partial charge in [-0.2, -0.15) is 0 Å². The molecule has 4 nitrogen and oxygen atoms in total. The molecule has 0 aliphatic heterocycles. The Morgan fingerprint density at radius 1 is 0.951 bits per heavy atom. The first-order chi connectivity index (χ1) is 19.5. The number of carboxylic acid groups (broad SMARTS) is 1. The van der Waals surface area contributed by atoms with E-state index in [9.17, 15) is 13.6 Å². The zero-order valence-electron chi connectivity index (χ0n) is 24.2. The van der Waals surface area contributed by atoms with Crippen LogP contribution in [0.25, 0.3) is 11.1 Å². The second kappa shape index (κ2) is 13.0. The van der Waals surface area contributed by atoms with Crippen LogP contribution in [0.3, 0.4) is 0 Å². The number of halogens is 3. The highest BCUT2D eigenvalue weighted by Gasteiger charge is 2.37. The Labute approximate surface area is 240 Å². The molecule has 0 aromatic heterocycles. The van der Waals surface area contributed by atoms with Gasteiger partial charge < -0.3 is 14.6 Å². The standard InChI is InChI=1S/C30H31F3O4.C4H8/c1-30(2)10-4-5-26(30)24-13-19(17-37-22-12-18(6-9-29(34)35)11-20(31)14-22)28(33)16-23(24)25-15-21(36-3)7-8-27(25)32;1-4-2-3-4/h7-8,11-16,26H,4-6,9-10,17H2,1-3H3,(H,34,35);4H,2-3H2,1H3. The summed E-state index contributed by atoms with van der Waals surface area (Å²) in [5.41, 5.74) is 2.31. The van der Waals surface area contributed by atoms with Gasteiger partial charge in [-0.05, 0) is 95.7 Å². The highest BCUT2D eigenvalue weighted by Crippen LogP contribution is 2.51. The Morgan fingerprint density at radius 3 is 2.29 bits per heavy atom. The molecule has 2 fully saturated rings. The molecule has 2 aliphatic rings. The van der Waals surface area contributed by atoms with Gasteiger partial charge in [0.25, 0.3) is 0 Å². The molecule has 7 heteroatoms. The first-order valence-electron chi connectivity index (χ1n) is 14.3. The third-order valence-corrected chi connectivity index (χ3v) is 8.13. The largest absolute Gasteiger partial charge is 0.497 e. The fourth-order valence-electron chi connectivity index (χ4n) is 5.44. The molecular formula is C34H39F3O4. The fraction of sp³-hybridized carbons (Fsp3) is 0.441. The minimum Gasteiger partial charge on any atom is -0.497 e. The lowest BCUT2D eigenvalue weighted by molar-refractivity contribution is -0.136. The van der Waals surface area contributed by atoms with Gasteiger partial charge in [0.2, 0.25) is 0 Å². The Kier molecular flexibility index (Phi) is 9.67. The van der Waals surface area contributed by atoms with Crippen LogP contribution >= 0.6 is 0 Å². The third-order valence-electron chi connectivity index (χ3n) is 8.13. The van der Waals surface area contributed by atoms with Crippen molar-refractivity contribution in [2.75, 3.05) is 7.11 Å². The average Bonchev–Trinajstić information content (AvgIpc) is 3.63. The molecule has 0 amide bonds. The lowest BCUT2D eigenvalue weighted by atomic mass is 9.75. The molecule has 0 spiro atoms. The normalized spacial score (nSPS) is 17.5. The number of aryl methyl sites for hydroxylation is 1. The van der Waals surface area contributed by atoms with Gasteiger partial charge in [-0.15, -0.1) is 0 Å². The van der Waals surface area contributed by atoms with Crippen LogP contribution in [0.4, 0.5) is 13.2 Å². The quantitative estimate of drug-likeness (QED) is 0.280. The van der Waals surface area contributed by atoms with Crippen LogP contribution in [0, 0.1) is 28.8 Å². The molecule has 0 heterocycles. The van der Waals surface area contributed by atoms with Gasteiger partial charge in [-0.1, -0.05) is 40.0 Å². The van der Waals surface area contributed by atoms with Gasteiger partial charge >= 0.3 is 5.97 Å². The minimum atomic E-state index is -0.983. The van der Waals surface area contributed by atoms with Crippen molar-refractivity contribution >= 4 is 5.97 Å². The lowest BCUT2D eigenvalue weighted by Crippen LogP contribution is -2.17. The molecule has 2 saturated carbocycles. The number of benzene rings is 3. The predicted octanol–water partition coefficient (Wildman–Crippen LogP) is 9.09. The second-order valence-corrected chi connectivity index (χ2v) is 12.0. The molecule has 3 aromatic rings. The minimum absolute atomic E-state index is 0.0539. The molecular weight excluding hydrogens is 529 g/mol. The second-order valence-electron chi connectivity index (χ2n) is 12.0. The highest BCUT2D eigenvalue weighted by molar-refractivity contribution is 5.71. The molecule has 2 aliphatic carbocycles. The Morgan fingerprint density at radius 2 is 1.68 bits per heavy atom. The van der Waals surface area contributed by atoms with E-state index in [-0.39, 0.29) is 47.7 Å². The smallest absolute Gasteiger partial charge is 0.303 e. The SMILES string of the molecule is CC1CC1.COc1ccc(F)c(-c2cc(F)c(COc3cc(F)cc(CCC(=O)O)c3)cc2C2CCCC2(C)C)c1. The van der Waals surface area contributed by atoms with Gasteiger partial charge in [0.05, 0.1) is 7.11 Å². The maximum absolute atomic E-state index is 15.4. The van der Waals surface area contributed by atoms with E-state index in [1.54, 1.807) is 18.2 Å². The van der Waals surface area contributed by atoms with Crippen molar-refractivity contribution in [2.45, 2.75) is 78.2 Å². The molecule has 1 unspecified atom stereocenters. The van der Waals surface area contributed by atoms with Crippen molar-refractivity contribution in [3.8, 4) is 22.6 Å². The first kappa shape index (κ1) is 30.5. The Bertz CT molecular complexity index is 1380. The molecule has 1 atom stereocenters. The first-order valence-corrected chi connectivity index (χ1v) is 14.3. The molecule has 41 heavy (non-hydrogen) atoms. The summed E-state index contributed by atoms with van der Waals surface area (Å²) in [4.78, 5) is 10.9. The van der Waals surface area contributed by atoms with Crippen molar-refractivity contribution in [3.05, 3.63) is 82.7 Å². The number of carboxylic acids is 1. The van der Waals surface area contributed by atoms with E-state index < -0.39 is 23.4 Å². The van der Waals surface area contributed by atoms with Crippen molar-refractivity contribution < 1.29 is 32.5 Å². The van der Waals surface area contributed by atoms with Crippen molar-refractivity contribution in [2.24, 2.45) is 11.3 Å². The van der Waals surface area contributed by atoms with E-state index in [1.807, 2.05) is 0 Å². The van der Waals surface area contributed by atoms with Gasteiger partial charge in [0, 0.05) is 23.6 Å². The summed E-state index contributed by atoms with van der Waals surface area (Å²) in [6, 6.07) is 11.5. The van der Waals surface area contributed by atoms with Crippen LogP contribution in [0.1, 0.15) is 81.9 Å². The monoisotopic (exact) mass is 568 g/mol. The topological polar surface area (TPSA) is 55.8 Å². The van der Waals surface area contributed by atoms with E-state index >= 15 is 4.39 Å². The zero-order valence-corrected chi connectivity index (χ0v) is 24.2. The molecule has 1 N–H and O–H groups in total. The fourth-order valence-corrected chi connectivity index (χ4v) is 5.44. The summed E-state index contributed by atoms with van der Waals surface area (Å²) >= 11 is 0. The average molecular weight is 569 g/mol. The maximum atomic E-state index is 15.4. The number of methoxy groups -OCH3 is 1. The number of carbonyl (C=O) groups is 1. The van der Waals surface area contributed by atoms with Crippen LogP contribution in [0.2, 0.25) is 0 Å². The van der Waals surface area contributed by atoms with E-state index in [0.717, 1.165) is 30.7 Å². The Balaban J connectivity index is 0.000000890. The van der Waals surface area contributed by atoms with Gasteiger partial charge in [-0.3, -0.25) is 4.79 Å². The van der Waals surface area contributed by atoms with E-state index in [2.05, 4.69) is 20.8 Å². The zero-order chi connectivity index (χ0) is 29.7. The van der Waals surface area contributed by atoms with Crippen LogP contribution in [0.5, 0.6) is 11.5 Å². The van der Waals surface area contributed by atoms with Crippen LogP contribution in [-0.2, 0) is 17.8 Å². The number of ether oxygens (including phenoxy) is 2. The summed E-state index contributed by atoms with van der Waals surface area (Å²) in [7, 11) is 1.50. The summed E-state index contributed by atoms with van der Waals surface area (Å²) in [5, 5.41) is 8.90. The molecule has 0 bridgehead atoms. The summed E-state index contributed by atoms with van der Waals surface area (Å²) in [5.74, 6) is -0.728. The molecule has 5 rings (SSSR count). The molecule has 3 aromatic carbocycles. The number of hydrogen-bond donors (Lipinski definition) is 1. The maximum Gasteiger partial charge on any atom is 0.303 e. The van der Waals surface area contributed by atoms with Crippen LogP contribution in [0.15, 0.2) is 48.5 Å². The highest BCUT2D eigenvalue weighted by atomic mass is 19.1. The van der Waals surface area contributed by atoms with Crippen molar-refractivity contribution in [1.29, 1.82) is 0 Å². The number of hydrogen-bond acceptors (Lipinski definition) is 3. The van der Waals surface area contributed by atoms with Crippen molar-refractivity contribution in [3.63, 3.8) is 0 Å². The van der Waals surface area contributed by atoms with Gasteiger partial charge in [-0.25, -0.2) is 13.2 Å². The predicted molar refractivity (Wildman–Crippen MR) is 154 cm³/mol.